The summed E-state index contributed by atoms with van der Waals surface area (Å²) in [6.07, 6.45) is 4.64. The lowest BCUT2D eigenvalue weighted by atomic mass is 9.76. The van der Waals surface area contributed by atoms with Gasteiger partial charge in [0.2, 0.25) is 11.6 Å². The average Bonchev–Trinajstić information content (AvgIpc) is 2.90. The number of hydrogen-bond donors (Lipinski definition) is 1. The molecule has 0 saturated heterocycles. The first kappa shape index (κ1) is 19.9. The Hall–Kier alpha value is -3.35. The highest BCUT2D eigenvalue weighted by Gasteiger charge is 2.59. The second-order valence-corrected chi connectivity index (χ2v) is 8.19. The number of anilines is 1. The zero-order chi connectivity index (χ0) is 21.5. The Bertz CT molecular complexity index is 1050. The number of fused-ring (bicyclic) bond motifs is 2. The molecule has 2 aliphatic rings. The van der Waals surface area contributed by atoms with E-state index >= 15 is 0 Å². The molecule has 1 amide bonds. The summed E-state index contributed by atoms with van der Waals surface area (Å²) in [5, 5.41) is 14.1. The van der Waals surface area contributed by atoms with Gasteiger partial charge in [0, 0.05) is 29.9 Å². The van der Waals surface area contributed by atoms with Crippen molar-refractivity contribution in [3.63, 3.8) is 0 Å². The highest BCUT2D eigenvalue weighted by Crippen LogP contribution is 2.54. The van der Waals surface area contributed by atoms with E-state index in [9.17, 15) is 14.9 Å². The third kappa shape index (κ3) is 2.93. The maximum Gasteiger partial charge on any atom is 0.270 e. The summed E-state index contributed by atoms with van der Waals surface area (Å²) >= 11 is 0. The molecule has 30 heavy (non-hydrogen) atoms. The van der Waals surface area contributed by atoms with Crippen LogP contribution in [0.25, 0.3) is 6.08 Å². The standard InChI is InChI=1S/C23H25N3O4/c1-4-13-24-21(27)15-25-19-8-6-5-7-18(19)22(2,3)23(25)12-11-16-14-17(26(28)29)9-10-20(16)30-23/h5-12,14H,4,13,15H2,1-3H3,(H,24,27)/t23-/m0/s1. The molecule has 0 unspecified atom stereocenters. The molecule has 1 spiro atoms. The molecular formula is C23H25N3O4. The van der Waals surface area contributed by atoms with E-state index in [1.165, 1.54) is 12.1 Å². The van der Waals surface area contributed by atoms with Crippen LogP contribution in [-0.2, 0) is 10.2 Å². The van der Waals surface area contributed by atoms with Crippen molar-refractivity contribution in [3.05, 3.63) is 69.8 Å². The summed E-state index contributed by atoms with van der Waals surface area (Å²) in [6, 6.07) is 12.6. The first-order chi connectivity index (χ1) is 14.3. The molecule has 7 nitrogen and oxygen atoms in total. The van der Waals surface area contributed by atoms with Crippen LogP contribution in [0.3, 0.4) is 0 Å². The van der Waals surface area contributed by atoms with Gasteiger partial charge < -0.3 is 15.0 Å². The van der Waals surface area contributed by atoms with Crippen LogP contribution < -0.4 is 15.0 Å². The number of benzene rings is 2. The van der Waals surface area contributed by atoms with E-state index in [1.807, 2.05) is 42.2 Å². The van der Waals surface area contributed by atoms with Crippen LogP contribution in [0.15, 0.2) is 48.5 Å². The van der Waals surface area contributed by atoms with Crippen molar-refractivity contribution in [1.29, 1.82) is 0 Å². The van der Waals surface area contributed by atoms with Crippen molar-refractivity contribution in [2.45, 2.75) is 38.3 Å². The molecular weight excluding hydrogens is 382 g/mol. The third-order valence-corrected chi connectivity index (χ3v) is 6.00. The highest BCUT2D eigenvalue weighted by molar-refractivity contribution is 5.85. The Kier molecular flexibility index (Phi) is 4.76. The number of rotatable bonds is 5. The Morgan fingerprint density at radius 3 is 2.73 bits per heavy atom. The molecule has 7 heteroatoms. The van der Waals surface area contributed by atoms with Gasteiger partial charge in [0.05, 0.1) is 10.3 Å². The van der Waals surface area contributed by atoms with Gasteiger partial charge in [-0.1, -0.05) is 25.1 Å². The van der Waals surface area contributed by atoms with Gasteiger partial charge in [0.1, 0.15) is 12.3 Å². The first-order valence-corrected chi connectivity index (χ1v) is 10.1. The number of amides is 1. The smallest absolute Gasteiger partial charge is 0.270 e. The quantitative estimate of drug-likeness (QED) is 0.598. The molecule has 2 aliphatic heterocycles. The summed E-state index contributed by atoms with van der Waals surface area (Å²) in [5.41, 5.74) is 1.31. The Balaban J connectivity index is 1.79. The van der Waals surface area contributed by atoms with Crippen LogP contribution in [0, 0.1) is 10.1 Å². The van der Waals surface area contributed by atoms with Gasteiger partial charge in [-0.2, -0.15) is 0 Å². The number of ether oxygens (including phenoxy) is 1. The Labute approximate surface area is 175 Å². The summed E-state index contributed by atoms with van der Waals surface area (Å²) in [5.74, 6) is 0.484. The van der Waals surface area contributed by atoms with Crippen molar-refractivity contribution in [1.82, 2.24) is 5.32 Å². The molecule has 0 fully saturated rings. The van der Waals surface area contributed by atoms with Crippen molar-refractivity contribution < 1.29 is 14.5 Å². The molecule has 2 heterocycles. The normalized spacial score (nSPS) is 20.4. The number of nitrogens with zero attached hydrogens (tertiary/aromatic N) is 2. The fourth-order valence-corrected chi connectivity index (χ4v) is 4.37. The van der Waals surface area contributed by atoms with Gasteiger partial charge in [-0.05, 0) is 50.1 Å². The van der Waals surface area contributed by atoms with Crippen molar-refractivity contribution in [3.8, 4) is 5.75 Å². The average molecular weight is 407 g/mol. The van der Waals surface area contributed by atoms with Crippen LogP contribution in [0.4, 0.5) is 11.4 Å². The molecule has 2 aromatic carbocycles. The fourth-order valence-electron chi connectivity index (χ4n) is 4.37. The maximum absolute atomic E-state index is 12.7. The monoisotopic (exact) mass is 407 g/mol. The molecule has 156 valence electrons. The van der Waals surface area contributed by atoms with Crippen molar-refractivity contribution in [2.24, 2.45) is 0 Å². The van der Waals surface area contributed by atoms with Gasteiger partial charge in [-0.15, -0.1) is 0 Å². The van der Waals surface area contributed by atoms with E-state index in [-0.39, 0.29) is 18.1 Å². The lowest BCUT2D eigenvalue weighted by molar-refractivity contribution is -0.384. The number of carbonyl (C=O) groups is 1. The van der Waals surface area contributed by atoms with Crippen LogP contribution in [-0.4, -0.2) is 29.6 Å². The minimum atomic E-state index is -0.927. The number of nitro benzene ring substituents is 1. The zero-order valence-corrected chi connectivity index (χ0v) is 17.3. The molecule has 0 aliphatic carbocycles. The second kappa shape index (κ2) is 7.16. The molecule has 4 rings (SSSR count). The predicted molar refractivity (Wildman–Crippen MR) is 116 cm³/mol. The largest absolute Gasteiger partial charge is 0.463 e. The van der Waals surface area contributed by atoms with Crippen LogP contribution >= 0.6 is 0 Å². The van der Waals surface area contributed by atoms with Gasteiger partial charge in [-0.25, -0.2) is 0 Å². The first-order valence-electron chi connectivity index (χ1n) is 10.1. The number of nitrogens with one attached hydrogen (secondary N) is 1. The molecule has 0 saturated carbocycles. The number of nitro groups is 1. The second-order valence-electron chi connectivity index (χ2n) is 8.19. The van der Waals surface area contributed by atoms with Crippen LogP contribution in [0.5, 0.6) is 5.75 Å². The van der Waals surface area contributed by atoms with Crippen LogP contribution in [0.1, 0.15) is 38.3 Å². The van der Waals surface area contributed by atoms with Crippen LogP contribution in [0.2, 0.25) is 0 Å². The SMILES string of the molecule is CCCNC(=O)CN1c2ccccc2C(C)(C)[C@@]12C=Cc1cc([N+](=O)[O-])ccc1O2. The lowest BCUT2D eigenvalue weighted by Gasteiger charge is -2.46. The lowest BCUT2D eigenvalue weighted by Crippen LogP contribution is -2.61. The van der Waals surface area contributed by atoms with Crippen molar-refractivity contribution >= 4 is 23.4 Å². The number of hydrogen-bond acceptors (Lipinski definition) is 5. The summed E-state index contributed by atoms with van der Waals surface area (Å²) in [4.78, 5) is 25.4. The zero-order valence-electron chi connectivity index (χ0n) is 17.3. The highest BCUT2D eigenvalue weighted by atomic mass is 16.6. The number of non-ortho nitro benzene ring substituents is 1. The number of carbonyl (C=O) groups excluding carboxylic acids is 1. The van der Waals surface area contributed by atoms with E-state index < -0.39 is 16.1 Å². The number of para-hydroxylation sites is 1. The van der Waals surface area contributed by atoms with Crippen molar-refractivity contribution in [2.75, 3.05) is 18.0 Å². The van der Waals surface area contributed by atoms with E-state index in [2.05, 4.69) is 25.2 Å². The minimum Gasteiger partial charge on any atom is -0.463 e. The summed E-state index contributed by atoms with van der Waals surface area (Å²) in [7, 11) is 0. The predicted octanol–water partition coefficient (Wildman–Crippen LogP) is 4.02. The Morgan fingerprint density at radius 2 is 2.00 bits per heavy atom. The van der Waals surface area contributed by atoms with E-state index in [0.717, 1.165) is 17.7 Å². The Morgan fingerprint density at radius 1 is 1.23 bits per heavy atom. The summed E-state index contributed by atoms with van der Waals surface area (Å²) in [6.45, 7) is 6.97. The molecule has 1 N–H and O–H groups in total. The van der Waals surface area contributed by atoms with Gasteiger partial charge in [-0.3, -0.25) is 14.9 Å². The van der Waals surface area contributed by atoms with Gasteiger partial charge in [0.25, 0.3) is 5.69 Å². The molecule has 0 aromatic heterocycles. The topological polar surface area (TPSA) is 84.7 Å². The van der Waals surface area contributed by atoms with E-state index in [4.69, 9.17) is 4.74 Å². The summed E-state index contributed by atoms with van der Waals surface area (Å²) < 4.78 is 6.57. The molecule has 1 atom stereocenters. The van der Waals surface area contributed by atoms with Gasteiger partial charge >= 0.3 is 0 Å². The molecule has 0 bridgehead atoms. The van der Waals surface area contributed by atoms with E-state index in [1.54, 1.807) is 6.07 Å². The third-order valence-electron chi connectivity index (χ3n) is 6.00. The fraction of sp³-hybridized carbons (Fsp3) is 0.348. The molecule has 2 aromatic rings. The maximum atomic E-state index is 12.7. The minimum absolute atomic E-state index is 0.0164. The van der Waals surface area contributed by atoms with E-state index in [0.29, 0.717) is 17.9 Å². The molecule has 0 radical (unpaired) electrons. The van der Waals surface area contributed by atoms with Gasteiger partial charge in [0.15, 0.2) is 0 Å².